The number of rotatable bonds is 3. The summed E-state index contributed by atoms with van der Waals surface area (Å²) in [6.45, 7) is 6.47. The molecule has 0 heterocycles. The van der Waals surface area contributed by atoms with Gasteiger partial charge in [-0.25, -0.2) is 0 Å². The zero-order valence-corrected chi connectivity index (χ0v) is 4.85. The van der Waals surface area contributed by atoms with Crippen molar-refractivity contribution < 1.29 is 0 Å². The van der Waals surface area contributed by atoms with Crippen LogP contribution in [0.15, 0.2) is 12.7 Å². The summed E-state index contributed by atoms with van der Waals surface area (Å²) in [6, 6.07) is 0. The van der Waals surface area contributed by atoms with Crippen LogP contribution in [0.1, 0.15) is 13.3 Å². The maximum Gasteiger partial charge on any atom is -0.00144 e. The van der Waals surface area contributed by atoms with Gasteiger partial charge in [-0.1, -0.05) is 13.0 Å². The summed E-state index contributed by atoms with van der Waals surface area (Å²) >= 11 is 0. The van der Waals surface area contributed by atoms with E-state index < -0.39 is 0 Å². The minimum Gasteiger partial charge on any atom is -0.330 e. The van der Waals surface area contributed by atoms with Crippen LogP contribution in [0.25, 0.3) is 0 Å². The summed E-state index contributed by atoms with van der Waals surface area (Å²) in [6.07, 6.45) is 3.01. The van der Waals surface area contributed by atoms with Gasteiger partial charge in [0, 0.05) is 0 Å². The summed E-state index contributed by atoms with van der Waals surface area (Å²) in [7, 11) is 0. The van der Waals surface area contributed by atoms with Crippen LogP contribution in [0.4, 0.5) is 0 Å². The smallest absolute Gasteiger partial charge is 0.00144 e. The van der Waals surface area contributed by atoms with Gasteiger partial charge < -0.3 is 5.73 Å². The Morgan fingerprint density at radius 3 is 2.43 bits per heavy atom. The molecule has 0 bridgehead atoms. The fourth-order valence-corrected chi connectivity index (χ4v) is 0.430. The normalized spacial score (nSPS) is 13.4. The first-order chi connectivity index (χ1) is 3.35. The molecule has 0 saturated heterocycles. The first-order valence-electron chi connectivity index (χ1n) is 2.67. The third kappa shape index (κ3) is 2.40. The number of nitrogens with two attached hydrogens (primary N) is 1. The molecule has 0 aliphatic heterocycles. The van der Waals surface area contributed by atoms with E-state index in [4.69, 9.17) is 5.73 Å². The molecule has 1 nitrogen and oxygen atoms in total. The highest BCUT2D eigenvalue weighted by molar-refractivity contribution is 4.77. The van der Waals surface area contributed by atoms with Gasteiger partial charge in [-0.2, -0.15) is 0 Å². The molecule has 1 heteroatoms. The van der Waals surface area contributed by atoms with Crippen molar-refractivity contribution >= 4 is 0 Å². The number of hydrogen-bond donors (Lipinski definition) is 1. The second kappa shape index (κ2) is 3.88. The van der Waals surface area contributed by atoms with Crippen LogP contribution in [0, 0.1) is 5.92 Å². The lowest BCUT2D eigenvalue weighted by atomic mass is 10.1. The monoisotopic (exact) mass is 99.1 g/mol. The van der Waals surface area contributed by atoms with Crippen LogP contribution in [-0.2, 0) is 0 Å². The summed E-state index contributed by atoms with van der Waals surface area (Å²) in [5, 5.41) is 0. The minimum atomic E-state index is 0.528. The van der Waals surface area contributed by atoms with Crippen molar-refractivity contribution in [3.63, 3.8) is 0 Å². The lowest BCUT2D eigenvalue weighted by Gasteiger charge is -2.01. The Morgan fingerprint density at radius 1 is 1.86 bits per heavy atom. The zero-order valence-electron chi connectivity index (χ0n) is 4.85. The SMILES string of the molecule is C=CC(CC)CN. The second-order valence-corrected chi connectivity index (χ2v) is 1.64. The molecule has 42 valence electrons. The predicted molar refractivity (Wildman–Crippen MR) is 33.0 cm³/mol. The van der Waals surface area contributed by atoms with Crippen LogP contribution < -0.4 is 5.73 Å². The van der Waals surface area contributed by atoms with Gasteiger partial charge >= 0.3 is 0 Å². The fourth-order valence-electron chi connectivity index (χ4n) is 0.430. The first-order valence-corrected chi connectivity index (χ1v) is 2.67. The van der Waals surface area contributed by atoms with Crippen molar-refractivity contribution in [2.24, 2.45) is 11.7 Å². The van der Waals surface area contributed by atoms with E-state index in [0.717, 1.165) is 13.0 Å². The van der Waals surface area contributed by atoms with Gasteiger partial charge in [0.1, 0.15) is 0 Å². The van der Waals surface area contributed by atoms with E-state index in [9.17, 15) is 0 Å². The molecule has 0 aromatic carbocycles. The van der Waals surface area contributed by atoms with Crippen molar-refractivity contribution in [1.82, 2.24) is 0 Å². The van der Waals surface area contributed by atoms with E-state index in [0.29, 0.717) is 5.92 Å². The summed E-state index contributed by atoms with van der Waals surface area (Å²) < 4.78 is 0. The molecule has 1 unspecified atom stereocenters. The van der Waals surface area contributed by atoms with Gasteiger partial charge in [0.15, 0.2) is 0 Å². The predicted octanol–water partition coefficient (Wildman–Crippen LogP) is 1.16. The van der Waals surface area contributed by atoms with Crippen molar-refractivity contribution in [2.75, 3.05) is 6.54 Å². The zero-order chi connectivity index (χ0) is 5.70. The molecule has 0 aromatic rings. The Kier molecular flexibility index (Phi) is 3.71. The topological polar surface area (TPSA) is 26.0 Å². The average molecular weight is 99.2 g/mol. The molecule has 2 N–H and O–H groups in total. The van der Waals surface area contributed by atoms with E-state index in [1.165, 1.54) is 0 Å². The quantitative estimate of drug-likeness (QED) is 0.528. The molecule has 0 fully saturated rings. The Balaban J connectivity index is 3.16. The first kappa shape index (κ1) is 6.70. The van der Waals surface area contributed by atoms with Gasteiger partial charge in [0.25, 0.3) is 0 Å². The van der Waals surface area contributed by atoms with E-state index in [1.54, 1.807) is 0 Å². The summed E-state index contributed by atoms with van der Waals surface area (Å²) in [5.74, 6) is 0.528. The lowest BCUT2D eigenvalue weighted by molar-refractivity contribution is 0.641. The molecular formula is C6H13N. The standard InChI is InChI=1S/C6H13N/c1-3-6(4-2)5-7/h3,6H,1,4-5,7H2,2H3. The number of hydrogen-bond acceptors (Lipinski definition) is 1. The molecule has 0 rings (SSSR count). The summed E-state index contributed by atoms with van der Waals surface area (Å²) in [5.41, 5.74) is 5.32. The van der Waals surface area contributed by atoms with Crippen LogP contribution in [0.5, 0.6) is 0 Å². The van der Waals surface area contributed by atoms with Crippen LogP contribution in [-0.4, -0.2) is 6.54 Å². The Bertz CT molecular complexity index is 46.1. The molecule has 7 heavy (non-hydrogen) atoms. The van der Waals surface area contributed by atoms with Gasteiger partial charge in [0.2, 0.25) is 0 Å². The van der Waals surface area contributed by atoms with Crippen LogP contribution >= 0.6 is 0 Å². The molecule has 0 amide bonds. The molecule has 0 aromatic heterocycles. The van der Waals surface area contributed by atoms with E-state index in [2.05, 4.69) is 13.5 Å². The molecule has 0 radical (unpaired) electrons. The maximum absolute atomic E-state index is 5.32. The molecule has 0 spiro atoms. The highest BCUT2D eigenvalue weighted by atomic mass is 14.5. The average Bonchev–Trinajstić information content (AvgIpc) is 1.72. The van der Waals surface area contributed by atoms with Gasteiger partial charge in [-0.05, 0) is 18.9 Å². The van der Waals surface area contributed by atoms with Crippen molar-refractivity contribution in [3.8, 4) is 0 Å². The van der Waals surface area contributed by atoms with Crippen LogP contribution in [0.2, 0.25) is 0 Å². The molecule has 0 aliphatic carbocycles. The largest absolute Gasteiger partial charge is 0.330 e. The van der Waals surface area contributed by atoms with Crippen molar-refractivity contribution in [2.45, 2.75) is 13.3 Å². The van der Waals surface area contributed by atoms with Gasteiger partial charge in [0.05, 0.1) is 0 Å². The van der Waals surface area contributed by atoms with E-state index in [-0.39, 0.29) is 0 Å². The van der Waals surface area contributed by atoms with Crippen molar-refractivity contribution in [1.29, 1.82) is 0 Å². The fraction of sp³-hybridized carbons (Fsp3) is 0.667. The Morgan fingerprint density at radius 2 is 2.43 bits per heavy atom. The van der Waals surface area contributed by atoms with E-state index in [1.807, 2.05) is 6.08 Å². The third-order valence-corrected chi connectivity index (χ3v) is 1.16. The third-order valence-electron chi connectivity index (χ3n) is 1.16. The minimum absolute atomic E-state index is 0.528. The van der Waals surface area contributed by atoms with Crippen molar-refractivity contribution in [3.05, 3.63) is 12.7 Å². The summed E-state index contributed by atoms with van der Waals surface area (Å²) in [4.78, 5) is 0. The highest BCUT2D eigenvalue weighted by Gasteiger charge is 1.92. The van der Waals surface area contributed by atoms with E-state index >= 15 is 0 Å². The van der Waals surface area contributed by atoms with Crippen LogP contribution in [0.3, 0.4) is 0 Å². The Labute approximate surface area is 45.2 Å². The lowest BCUT2D eigenvalue weighted by Crippen LogP contribution is -2.09. The van der Waals surface area contributed by atoms with Gasteiger partial charge in [-0.3, -0.25) is 0 Å². The molecular weight excluding hydrogens is 86.1 g/mol. The van der Waals surface area contributed by atoms with Gasteiger partial charge in [-0.15, -0.1) is 6.58 Å². The second-order valence-electron chi connectivity index (χ2n) is 1.64. The Hall–Kier alpha value is -0.300. The maximum atomic E-state index is 5.32. The molecule has 0 aliphatic rings. The molecule has 0 saturated carbocycles. The molecule has 1 atom stereocenters. The highest BCUT2D eigenvalue weighted by Crippen LogP contribution is 1.97.